The minimum atomic E-state index is -0.977. The molecule has 0 unspecified atom stereocenters. The van der Waals surface area contributed by atoms with Gasteiger partial charge in [-0.15, -0.1) is 0 Å². The van der Waals surface area contributed by atoms with Crippen LogP contribution in [0.3, 0.4) is 0 Å². The molecule has 0 bridgehead atoms. The maximum atomic E-state index is 11.4. The van der Waals surface area contributed by atoms with Gasteiger partial charge in [-0.05, 0) is 66.6 Å². The molecule has 182 valence electrons. The van der Waals surface area contributed by atoms with Crippen molar-refractivity contribution < 1.29 is 14.6 Å². The molecule has 5 rings (SSSR count). The second kappa shape index (κ2) is 10.8. The summed E-state index contributed by atoms with van der Waals surface area (Å²) in [6.07, 6.45) is 1.81. The van der Waals surface area contributed by atoms with E-state index in [1.807, 2.05) is 55.5 Å². The summed E-state index contributed by atoms with van der Waals surface area (Å²) in [6.45, 7) is 2.58. The largest absolute Gasteiger partial charge is 0.494 e. The van der Waals surface area contributed by atoms with Crippen molar-refractivity contribution in [1.82, 2.24) is 4.57 Å². The highest BCUT2D eigenvalue weighted by atomic mass is 16.5. The van der Waals surface area contributed by atoms with Gasteiger partial charge in [0.25, 0.3) is 0 Å². The Morgan fingerprint density at radius 2 is 1.51 bits per heavy atom. The van der Waals surface area contributed by atoms with Crippen LogP contribution in [0.4, 0.5) is 5.69 Å². The van der Waals surface area contributed by atoms with Gasteiger partial charge >= 0.3 is 5.97 Å². The van der Waals surface area contributed by atoms with Gasteiger partial charge in [-0.1, -0.05) is 66.7 Å². The van der Waals surface area contributed by atoms with E-state index < -0.39 is 5.97 Å². The van der Waals surface area contributed by atoms with Crippen molar-refractivity contribution in [2.75, 3.05) is 6.61 Å². The Hall–Kier alpha value is -4.90. The van der Waals surface area contributed by atoms with Crippen molar-refractivity contribution in [2.45, 2.75) is 6.92 Å². The molecule has 5 heteroatoms. The van der Waals surface area contributed by atoms with Gasteiger partial charge in [-0.3, -0.25) is 4.99 Å². The van der Waals surface area contributed by atoms with Gasteiger partial charge in [0.05, 0.1) is 29.2 Å². The van der Waals surface area contributed by atoms with Gasteiger partial charge in [0.1, 0.15) is 5.75 Å². The predicted octanol–water partition coefficient (Wildman–Crippen LogP) is 7.66. The van der Waals surface area contributed by atoms with E-state index in [2.05, 4.69) is 52.0 Å². The lowest BCUT2D eigenvalue weighted by Crippen LogP contribution is -2.01. The molecule has 0 fully saturated rings. The standard InChI is InChI=1S/C32H26N2O3/c1-2-37-29-18-16-28(17-19-29)34-30(23-10-5-3-6-11-23)21-26(31(34)24-12-7-4-8-13-24)22-33-27-15-9-14-25(20-27)32(35)36/h3-22H,2H2,1H3,(H,35,36). The number of benzene rings is 4. The number of carbonyl (C=O) groups is 1. The Labute approximate surface area is 216 Å². The number of rotatable bonds is 8. The monoisotopic (exact) mass is 486 g/mol. The van der Waals surface area contributed by atoms with Gasteiger partial charge in [-0.25, -0.2) is 4.79 Å². The van der Waals surface area contributed by atoms with Gasteiger partial charge in [0.15, 0.2) is 0 Å². The van der Waals surface area contributed by atoms with Crippen molar-refractivity contribution in [2.24, 2.45) is 4.99 Å². The summed E-state index contributed by atoms with van der Waals surface area (Å²) in [5.41, 5.74) is 6.81. The number of hydrogen-bond acceptors (Lipinski definition) is 3. The summed E-state index contributed by atoms with van der Waals surface area (Å²) in [7, 11) is 0. The average Bonchev–Trinajstić information content (AvgIpc) is 3.33. The zero-order valence-corrected chi connectivity index (χ0v) is 20.4. The molecule has 1 heterocycles. The lowest BCUT2D eigenvalue weighted by atomic mass is 10.1. The van der Waals surface area contributed by atoms with Crippen LogP contribution in [0.25, 0.3) is 28.2 Å². The maximum absolute atomic E-state index is 11.4. The first-order valence-corrected chi connectivity index (χ1v) is 12.1. The Kier molecular flexibility index (Phi) is 6.95. The number of carboxylic acids is 1. The van der Waals surface area contributed by atoms with Gasteiger partial charge < -0.3 is 14.4 Å². The highest BCUT2D eigenvalue weighted by Crippen LogP contribution is 2.36. The topological polar surface area (TPSA) is 63.8 Å². The highest BCUT2D eigenvalue weighted by molar-refractivity contribution is 5.95. The molecule has 0 atom stereocenters. The van der Waals surface area contributed by atoms with Crippen LogP contribution in [-0.4, -0.2) is 28.5 Å². The van der Waals surface area contributed by atoms with Crippen LogP contribution in [0, 0.1) is 0 Å². The first-order chi connectivity index (χ1) is 18.1. The van der Waals surface area contributed by atoms with Gasteiger partial charge in [-0.2, -0.15) is 0 Å². The summed E-state index contributed by atoms with van der Waals surface area (Å²) < 4.78 is 7.91. The van der Waals surface area contributed by atoms with E-state index in [1.54, 1.807) is 30.5 Å². The smallest absolute Gasteiger partial charge is 0.335 e. The quantitative estimate of drug-likeness (QED) is 0.229. The third-order valence-corrected chi connectivity index (χ3v) is 6.00. The third kappa shape index (κ3) is 5.21. The first kappa shape index (κ1) is 23.8. The van der Waals surface area contributed by atoms with Crippen molar-refractivity contribution in [1.29, 1.82) is 0 Å². The molecule has 5 nitrogen and oxygen atoms in total. The molecule has 0 radical (unpaired) electrons. The summed E-state index contributed by atoms with van der Waals surface area (Å²) in [5.74, 6) is -0.156. The number of aliphatic imine (C=N–C) groups is 1. The van der Waals surface area contributed by atoms with E-state index in [9.17, 15) is 9.90 Å². The maximum Gasteiger partial charge on any atom is 0.335 e. The third-order valence-electron chi connectivity index (χ3n) is 6.00. The van der Waals surface area contributed by atoms with Crippen LogP contribution in [0.1, 0.15) is 22.8 Å². The molecule has 0 saturated carbocycles. The SMILES string of the molecule is CCOc1ccc(-n2c(-c3ccccc3)cc(C=Nc3cccc(C(=O)O)c3)c2-c2ccccc2)cc1. The average molecular weight is 487 g/mol. The molecule has 0 aliphatic rings. The number of carboxylic acid groups (broad SMARTS) is 1. The first-order valence-electron chi connectivity index (χ1n) is 12.1. The fourth-order valence-corrected chi connectivity index (χ4v) is 4.33. The molecule has 0 aliphatic heterocycles. The minimum absolute atomic E-state index is 0.204. The van der Waals surface area contributed by atoms with Crippen molar-refractivity contribution in [3.8, 4) is 34.0 Å². The zero-order valence-electron chi connectivity index (χ0n) is 20.4. The van der Waals surface area contributed by atoms with Crippen LogP contribution in [0.15, 0.2) is 120 Å². The molecule has 1 aromatic heterocycles. The molecule has 5 aromatic rings. The number of aromatic nitrogens is 1. The fraction of sp³-hybridized carbons (Fsp3) is 0.0625. The number of ether oxygens (including phenoxy) is 1. The molecule has 4 aromatic carbocycles. The molecule has 0 aliphatic carbocycles. The van der Waals surface area contributed by atoms with E-state index in [4.69, 9.17) is 4.74 Å². The van der Waals surface area contributed by atoms with E-state index >= 15 is 0 Å². The Balaban J connectivity index is 1.72. The highest BCUT2D eigenvalue weighted by Gasteiger charge is 2.19. The molecule has 1 N–H and O–H groups in total. The fourth-order valence-electron chi connectivity index (χ4n) is 4.33. The second-order valence-electron chi connectivity index (χ2n) is 8.44. The van der Waals surface area contributed by atoms with Crippen LogP contribution < -0.4 is 4.74 Å². The second-order valence-corrected chi connectivity index (χ2v) is 8.44. The Bertz CT molecular complexity index is 1540. The molecular formula is C32H26N2O3. The lowest BCUT2D eigenvalue weighted by Gasteiger charge is -2.15. The molecular weight excluding hydrogens is 460 g/mol. The predicted molar refractivity (Wildman–Crippen MR) is 148 cm³/mol. The normalized spacial score (nSPS) is 11.1. The summed E-state index contributed by atoms with van der Waals surface area (Å²) in [5, 5.41) is 9.37. The van der Waals surface area contributed by atoms with Crippen molar-refractivity contribution in [3.05, 3.63) is 126 Å². The van der Waals surface area contributed by atoms with Crippen LogP contribution >= 0.6 is 0 Å². The Morgan fingerprint density at radius 1 is 0.838 bits per heavy atom. The Morgan fingerprint density at radius 3 is 2.16 bits per heavy atom. The molecule has 0 saturated heterocycles. The summed E-state index contributed by atoms with van der Waals surface area (Å²) in [4.78, 5) is 16.1. The van der Waals surface area contributed by atoms with E-state index in [-0.39, 0.29) is 5.56 Å². The molecule has 0 amide bonds. The van der Waals surface area contributed by atoms with Crippen LogP contribution in [0.2, 0.25) is 0 Å². The van der Waals surface area contributed by atoms with Crippen LogP contribution in [-0.2, 0) is 0 Å². The number of nitrogens with zero attached hydrogens (tertiary/aromatic N) is 2. The minimum Gasteiger partial charge on any atom is -0.494 e. The van der Waals surface area contributed by atoms with Crippen molar-refractivity contribution in [3.63, 3.8) is 0 Å². The van der Waals surface area contributed by atoms with E-state index in [0.717, 1.165) is 39.5 Å². The van der Waals surface area contributed by atoms with Gasteiger partial charge in [0.2, 0.25) is 0 Å². The van der Waals surface area contributed by atoms with Crippen molar-refractivity contribution >= 4 is 17.9 Å². The summed E-state index contributed by atoms with van der Waals surface area (Å²) in [6, 6.07) is 37.3. The number of hydrogen-bond donors (Lipinski definition) is 1. The van der Waals surface area contributed by atoms with E-state index in [1.165, 1.54) is 0 Å². The zero-order chi connectivity index (χ0) is 25.6. The van der Waals surface area contributed by atoms with Crippen LogP contribution in [0.5, 0.6) is 5.75 Å². The number of aromatic carboxylic acids is 1. The molecule has 0 spiro atoms. The van der Waals surface area contributed by atoms with Gasteiger partial charge in [0, 0.05) is 17.5 Å². The summed E-state index contributed by atoms with van der Waals surface area (Å²) >= 11 is 0. The lowest BCUT2D eigenvalue weighted by molar-refractivity contribution is 0.0697. The molecule has 37 heavy (non-hydrogen) atoms. The van der Waals surface area contributed by atoms with E-state index in [0.29, 0.717) is 12.3 Å².